The van der Waals surface area contributed by atoms with Gasteiger partial charge in [0, 0.05) is 37.3 Å². The molecule has 0 aliphatic rings. The Morgan fingerprint density at radius 3 is 2.90 bits per heavy atom. The molecule has 0 aliphatic carbocycles. The molecular formula is C17H23NO3. The summed E-state index contributed by atoms with van der Waals surface area (Å²) in [6.45, 7) is 5.88. The van der Waals surface area contributed by atoms with Crippen molar-refractivity contribution in [3.63, 3.8) is 0 Å². The second kappa shape index (κ2) is 9.98. The molecule has 0 unspecified atom stereocenters. The number of carbonyl (C=O) groups is 1. The molecule has 21 heavy (non-hydrogen) atoms. The lowest BCUT2D eigenvalue weighted by Gasteiger charge is -2.07. The first-order valence-electron chi connectivity index (χ1n) is 7.24. The third-order valence-corrected chi connectivity index (χ3v) is 2.76. The maximum absolute atomic E-state index is 12.1. The number of aliphatic hydroxyl groups is 1. The summed E-state index contributed by atoms with van der Waals surface area (Å²) in [7, 11) is 0. The third kappa shape index (κ3) is 6.94. The number of rotatable bonds is 7. The van der Waals surface area contributed by atoms with Crippen molar-refractivity contribution in [2.75, 3.05) is 26.4 Å². The van der Waals surface area contributed by atoms with Gasteiger partial charge in [-0.3, -0.25) is 4.79 Å². The summed E-state index contributed by atoms with van der Waals surface area (Å²) in [6.07, 6.45) is 1.24. The van der Waals surface area contributed by atoms with E-state index < -0.39 is 0 Å². The summed E-state index contributed by atoms with van der Waals surface area (Å²) < 4.78 is 5.22. The lowest BCUT2D eigenvalue weighted by atomic mass is 10.1. The first kappa shape index (κ1) is 17.2. The Balaban J connectivity index is 2.61. The minimum atomic E-state index is -0.0968. The van der Waals surface area contributed by atoms with Crippen LogP contribution < -0.4 is 5.32 Å². The molecule has 0 heterocycles. The Morgan fingerprint density at radius 1 is 1.38 bits per heavy atom. The minimum absolute atomic E-state index is 0.0476. The van der Waals surface area contributed by atoms with Crippen molar-refractivity contribution in [2.45, 2.75) is 26.7 Å². The maximum Gasteiger partial charge on any atom is 0.251 e. The van der Waals surface area contributed by atoms with E-state index in [1.54, 1.807) is 6.07 Å². The quantitative estimate of drug-likeness (QED) is 0.595. The van der Waals surface area contributed by atoms with Gasteiger partial charge in [0.15, 0.2) is 0 Å². The standard InChI is InChI=1S/C17H23NO3/c1-3-21-10-6-8-18-17(20)16-12-14(2)11-15(13-16)7-4-5-9-19/h11-13,19H,3,5-6,8-10H2,1-2H3,(H,18,20). The van der Waals surface area contributed by atoms with Gasteiger partial charge in [0.1, 0.15) is 0 Å². The average Bonchev–Trinajstić information content (AvgIpc) is 2.46. The van der Waals surface area contributed by atoms with E-state index in [4.69, 9.17) is 9.84 Å². The van der Waals surface area contributed by atoms with Gasteiger partial charge in [-0.1, -0.05) is 11.8 Å². The molecule has 0 fully saturated rings. The lowest BCUT2D eigenvalue weighted by Crippen LogP contribution is -2.25. The van der Waals surface area contributed by atoms with Crippen molar-refractivity contribution in [3.8, 4) is 11.8 Å². The fraction of sp³-hybridized carbons (Fsp3) is 0.471. The normalized spacial score (nSPS) is 9.86. The highest BCUT2D eigenvalue weighted by molar-refractivity contribution is 5.94. The van der Waals surface area contributed by atoms with E-state index in [-0.39, 0.29) is 12.5 Å². The molecule has 0 aromatic heterocycles. The van der Waals surface area contributed by atoms with E-state index in [1.807, 2.05) is 26.0 Å². The van der Waals surface area contributed by atoms with E-state index in [9.17, 15) is 4.79 Å². The lowest BCUT2D eigenvalue weighted by molar-refractivity contribution is 0.0944. The zero-order valence-corrected chi connectivity index (χ0v) is 12.7. The maximum atomic E-state index is 12.1. The third-order valence-electron chi connectivity index (χ3n) is 2.76. The number of hydrogen-bond acceptors (Lipinski definition) is 3. The minimum Gasteiger partial charge on any atom is -0.395 e. The van der Waals surface area contributed by atoms with Crippen LogP contribution in [0.4, 0.5) is 0 Å². The molecule has 1 amide bonds. The van der Waals surface area contributed by atoms with E-state index in [2.05, 4.69) is 17.2 Å². The zero-order valence-electron chi connectivity index (χ0n) is 12.7. The van der Waals surface area contributed by atoms with E-state index in [1.165, 1.54) is 0 Å². The zero-order chi connectivity index (χ0) is 15.5. The first-order chi connectivity index (χ1) is 10.2. The smallest absolute Gasteiger partial charge is 0.251 e. The van der Waals surface area contributed by atoms with Gasteiger partial charge < -0.3 is 15.2 Å². The van der Waals surface area contributed by atoms with Crippen LogP contribution in [0.3, 0.4) is 0 Å². The Morgan fingerprint density at radius 2 is 2.19 bits per heavy atom. The van der Waals surface area contributed by atoms with E-state index in [0.717, 1.165) is 17.5 Å². The average molecular weight is 289 g/mol. The van der Waals surface area contributed by atoms with Gasteiger partial charge in [-0.05, 0) is 44.0 Å². The largest absolute Gasteiger partial charge is 0.395 e. The van der Waals surface area contributed by atoms with Crippen molar-refractivity contribution < 1.29 is 14.6 Å². The highest BCUT2D eigenvalue weighted by atomic mass is 16.5. The number of aryl methyl sites for hydroxylation is 1. The number of hydrogen-bond donors (Lipinski definition) is 2. The topological polar surface area (TPSA) is 58.6 Å². The van der Waals surface area contributed by atoms with Crippen molar-refractivity contribution in [2.24, 2.45) is 0 Å². The number of ether oxygens (including phenoxy) is 1. The van der Waals surface area contributed by atoms with Gasteiger partial charge in [0.2, 0.25) is 0 Å². The fourth-order valence-electron chi connectivity index (χ4n) is 1.83. The van der Waals surface area contributed by atoms with Crippen LogP contribution in [0.1, 0.15) is 41.3 Å². The van der Waals surface area contributed by atoms with Gasteiger partial charge in [-0.15, -0.1) is 0 Å². The Labute approximate surface area is 126 Å². The summed E-state index contributed by atoms with van der Waals surface area (Å²) in [5.74, 6) is 5.72. The second-order valence-corrected chi connectivity index (χ2v) is 4.67. The summed E-state index contributed by atoms with van der Waals surface area (Å²) in [5, 5.41) is 11.6. The summed E-state index contributed by atoms with van der Waals surface area (Å²) in [4.78, 5) is 12.1. The highest BCUT2D eigenvalue weighted by Crippen LogP contribution is 2.09. The van der Waals surface area contributed by atoms with Crippen molar-refractivity contribution in [1.82, 2.24) is 5.32 Å². The van der Waals surface area contributed by atoms with E-state index >= 15 is 0 Å². The molecule has 114 valence electrons. The van der Waals surface area contributed by atoms with Crippen LogP contribution >= 0.6 is 0 Å². The molecule has 1 aromatic rings. The Bertz CT molecular complexity index is 515. The molecule has 0 radical (unpaired) electrons. The number of nitrogens with one attached hydrogen (secondary N) is 1. The predicted octanol–water partition coefficient (Wildman–Crippen LogP) is 1.89. The molecule has 0 spiro atoms. The van der Waals surface area contributed by atoms with Crippen LogP contribution in [0.5, 0.6) is 0 Å². The SMILES string of the molecule is CCOCCCNC(=O)c1cc(C)cc(C#CCCO)c1. The Kier molecular flexibility index (Phi) is 8.18. The van der Waals surface area contributed by atoms with Gasteiger partial charge in [-0.2, -0.15) is 0 Å². The van der Waals surface area contributed by atoms with Gasteiger partial charge >= 0.3 is 0 Å². The molecule has 0 saturated carbocycles. The second-order valence-electron chi connectivity index (χ2n) is 4.67. The molecule has 0 saturated heterocycles. The molecule has 0 atom stereocenters. The molecule has 1 rings (SSSR count). The van der Waals surface area contributed by atoms with Crippen LogP contribution in [0.2, 0.25) is 0 Å². The molecule has 4 heteroatoms. The first-order valence-corrected chi connectivity index (χ1v) is 7.24. The van der Waals surface area contributed by atoms with E-state index in [0.29, 0.717) is 31.7 Å². The van der Waals surface area contributed by atoms with Crippen LogP contribution in [0.25, 0.3) is 0 Å². The Hall–Kier alpha value is -1.83. The number of aliphatic hydroxyl groups excluding tert-OH is 1. The van der Waals surface area contributed by atoms with Crippen LogP contribution in [0.15, 0.2) is 18.2 Å². The monoisotopic (exact) mass is 289 g/mol. The predicted molar refractivity (Wildman–Crippen MR) is 83.2 cm³/mol. The van der Waals surface area contributed by atoms with Gasteiger partial charge in [0.05, 0.1) is 6.61 Å². The van der Waals surface area contributed by atoms with Crippen LogP contribution in [-0.4, -0.2) is 37.4 Å². The van der Waals surface area contributed by atoms with Crippen molar-refractivity contribution in [1.29, 1.82) is 0 Å². The molecule has 0 bridgehead atoms. The number of benzene rings is 1. The highest BCUT2D eigenvalue weighted by Gasteiger charge is 2.06. The van der Waals surface area contributed by atoms with Crippen LogP contribution in [0, 0.1) is 18.8 Å². The number of carbonyl (C=O) groups excluding carboxylic acids is 1. The molecular weight excluding hydrogens is 266 g/mol. The molecule has 1 aromatic carbocycles. The van der Waals surface area contributed by atoms with Crippen molar-refractivity contribution in [3.05, 3.63) is 34.9 Å². The fourth-order valence-corrected chi connectivity index (χ4v) is 1.83. The number of amides is 1. The van der Waals surface area contributed by atoms with Gasteiger partial charge in [0.25, 0.3) is 5.91 Å². The molecule has 2 N–H and O–H groups in total. The molecule has 4 nitrogen and oxygen atoms in total. The van der Waals surface area contributed by atoms with Crippen LogP contribution in [-0.2, 0) is 4.74 Å². The summed E-state index contributed by atoms with van der Waals surface area (Å²) >= 11 is 0. The summed E-state index contributed by atoms with van der Waals surface area (Å²) in [6, 6.07) is 5.54. The summed E-state index contributed by atoms with van der Waals surface area (Å²) in [5.41, 5.74) is 2.40. The van der Waals surface area contributed by atoms with Crippen molar-refractivity contribution >= 4 is 5.91 Å². The molecule has 0 aliphatic heterocycles. The van der Waals surface area contributed by atoms with Gasteiger partial charge in [-0.25, -0.2) is 0 Å².